The molecule has 0 aromatic carbocycles. The van der Waals surface area contributed by atoms with Gasteiger partial charge in [-0.2, -0.15) is 0 Å². The van der Waals surface area contributed by atoms with Crippen molar-refractivity contribution in [2.75, 3.05) is 31.6 Å². The van der Waals surface area contributed by atoms with Crippen molar-refractivity contribution in [2.45, 2.75) is 39.2 Å². The summed E-state index contributed by atoms with van der Waals surface area (Å²) in [7, 11) is 1.65. The van der Waals surface area contributed by atoms with Crippen LogP contribution < -0.4 is 15.0 Å². The Labute approximate surface area is 115 Å². The van der Waals surface area contributed by atoms with E-state index in [1.54, 1.807) is 13.4 Å². The lowest BCUT2D eigenvalue weighted by Crippen LogP contribution is -2.38. The summed E-state index contributed by atoms with van der Waals surface area (Å²) in [6.07, 6.45) is 5.22. The van der Waals surface area contributed by atoms with Crippen molar-refractivity contribution in [2.24, 2.45) is 0 Å². The molecular weight excluding hydrogens is 240 g/mol. The molecule has 0 radical (unpaired) electrons. The van der Waals surface area contributed by atoms with Crippen molar-refractivity contribution >= 4 is 5.82 Å². The second-order valence-electron chi connectivity index (χ2n) is 5.07. The van der Waals surface area contributed by atoms with Crippen molar-refractivity contribution in [3.8, 4) is 5.88 Å². The van der Waals surface area contributed by atoms with Crippen LogP contribution >= 0.6 is 0 Å². The lowest BCUT2D eigenvalue weighted by Gasteiger charge is -2.28. The van der Waals surface area contributed by atoms with Gasteiger partial charge in [-0.05, 0) is 32.7 Å². The fourth-order valence-corrected chi connectivity index (χ4v) is 2.68. The molecule has 0 bridgehead atoms. The van der Waals surface area contributed by atoms with Crippen LogP contribution in [0, 0.1) is 6.92 Å². The second-order valence-corrected chi connectivity index (χ2v) is 5.07. The Bertz CT molecular complexity index is 404. The molecule has 1 fully saturated rings. The molecule has 1 unspecified atom stereocenters. The third-order valence-electron chi connectivity index (χ3n) is 3.60. The van der Waals surface area contributed by atoms with Crippen molar-refractivity contribution < 1.29 is 4.74 Å². The van der Waals surface area contributed by atoms with E-state index < -0.39 is 0 Å². The Morgan fingerprint density at radius 2 is 2.32 bits per heavy atom. The van der Waals surface area contributed by atoms with Gasteiger partial charge in [0.2, 0.25) is 5.88 Å². The smallest absolute Gasteiger partial charge is 0.221 e. The van der Waals surface area contributed by atoms with Gasteiger partial charge in [0.1, 0.15) is 12.1 Å². The summed E-state index contributed by atoms with van der Waals surface area (Å²) in [6.45, 7) is 7.38. The van der Waals surface area contributed by atoms with Crippen LogP contribution in [0.1, 0.15) is 31.7 Å². The van der Waals surface area contributed by atoms with E-state index in [1.165, 1.54) is 12.8 Å². The fraction of sp³-hybridized carbons (Fsp3) is 0.714. The summed E-state index contributed by atoms with van der Waals surface area (Å²) in [5.74, 6) is 1.67. The highest BCUT2D eigenvalue weighted by atomic mass is 16.5. The Morgan fingerprint density at radius 1 is 1.47 bits per heavy atom. The van der Waals surface area contributed by atoms with Gasteiger partial charge in [0.05, 0.1) is 12.7 Å². The van der Waals surface area contributed by atoms with Gasteiger partial charge in [0.15, 0.2) is 0 Å². The van der Waals surface area contributed by atoms with E-state index in [9.17, 15) is 0 Å². The molecule has 0 amide bonds. The zero-order valence-corrected chi connectivity index (χ0v) is 12.1. The molecule has 2 rings (SSSR count). The minimum absolute atomic E-state index is 0.576. The minimum Gasteiger partial charge on any atom is -0.481 e. The number of anilines is 1. The summed E-state index contributed by atoms with van der Waals surface area (Å²) < 4.78 is 5.29. The summed E-state index contributed by atoms with van der Waals surface area (Å²) in [5.41, 5.74) is 1.02. The second kappa shape index (κ2) is 6.70. The number of nitrogens with zero attached hydrogens (tertiary/aromatic N) is 3. The van der Waals surface area contributed by atoms with Crippen LogP contribution in [0.15, 0.2) is 6.33 Å². The normalized spacial score (nSPS) is 18.6. The van der Waals surface area contributed by atoms with E-state index in [1.807, 2.05) is 6.92 Å². The van der Waals surface area contributed by atoms with Crippen LogP contribution in [0.3, 0.4) is 0 Å². The molecule has 0 aliphatic carbocycles. The Morgan fingerprint density at radius 3 is 2.95 bits per heavy atom. The van der Waals surface area contributed by atoms with Gasteiger partial charge < -0.3 is 15.0 Å². The average Bonchev–Trinajstić information content (AvgIpc) is 2.91. The van der Waals surface area contributed by atoms with E-state index in [0.717, 1.165) is 37.4 Å². The van der Waals surface area contributed by atoms with Crippen LogP contribution in [0.25, 0.3) is 0 Å². The molecule has 1 aromatic heterocycles. The van der Waals surface area contributed by atoms with Crippen molar-refractivity contribution in [3.05, 3.63) is 11.9 Å². The van der Waals surface area contributed by atoms with Crippen LogP contribution in [-0.4, -0.2) is 42.8 Å². The highest BCUT2D eigenvalue weighted by Crippen LogP contribution is 2.24. The third kappa shape index (κ3) is 3.35. The number of aromatic nitrogens is 2. The minimum atomic E-state index is 0.576. The SMILES string of the molecule is CCCN(CC1CCCN1)c1ncnc(OC)c1C. The molecule has 5 heteroatoms. The fourth-order valence-electron chi connectivity index (χ4n) is 2.68. The zero-order chi connectivity index (χ0) is 13.7. The van der Waals surface area contributed by atoms with E-state index in [2.05, 4.69) is 27.1 Å². The first-order valence-electron chi connectivity index (χ1n) is 7.10. The van der Waals surface area contributed by atoms with Gasteiger partial charge in [0, 0.05) is 19.1 Å². The van der Waals surface area contributed by atoms with Gasteiger partial charge in [-0.1, -0.05) is 6.92 Å². The number of ether oxygens (including phenoxy) is 1. The molecule has 0 saturated carbocycles. The van der Waals surface area contributed by atoms with Crippen molar-refractivity contribution in [1.82, 2.24) is 15.3 Å². The van der Waals surface area contributed by atoms with Crippen LogP contribution in [0.5, 0.6) is 5.88 Å². The summed E-state index contributed by atoms with van der Waals surface area (Å²) in [5, 5.41) is 3.55. The van der Waals surface area contributed by atoms with Crippen LogP contribution in [0.2, 0.25) is 0 Å². The summed E-state index contributed by atoms with van der Waals surface area (Å²) >= 11 is 0. The number of rotatable bonds is 6. The lowest BCUT2D eigenvalue weighted by atomic mass is 10.2. The third-order valence-corrected chi connectivity index (χ3v) is 3.60. The molecule has 2 heterocycles. The topological polar surface area (TPSA) is 50.3 Å². The van der Waals surface area contributed by atoms with Gasteiger partial charge in [-0.3, -0.25) is 0 Å². The summed E-state index contributed by atoms with van der Waals surface area (Å²) in [6, 6.07) is 0.576. The highest BCUT2D eigenvalue weighted by molar-refractivity contribution is 5.50. The van der Waals surface area contributed by atoms with Gasteiger partial charge >= 0.3 is 0 Å². The molecule has 106 valence electrons. The van der Waals surface area contributed by atoms with E-state index in [-0.39, 0.29) is 0 Å². The monoisotopic (exact) mass is 264 g/mol. The van der Waals surface area contributed by atoms with E-state index in [4.69, 9.17) is 4.74 Å². The van der Waals surface area contributed by atoms with Crippen molar-refractivity contribution in [3.63, 3.8) is 0 Å². The van der Waals surface area contributed by atoms with Gasteiger partial charge in [0.25, 0.3) is 0 Å². The molecule has 1 aliphatic heterocycles. The highest BCUT2D eigenvalue weighted by Gasteiger charge is 2.20. The number of methoxy groups -OCH3 is 1. The number of hydrogen-bond donors (Lipinski definition) is 1. The van der Waals surface area contributed by atoms with Crippen molar-refractivity contribution in [1.29, 1.82) is 0 Å². The average molecular weight is 264 g/mol. The van der Waals surface area contributed by atoms with E-state index in [0.29, 0.717) is 11.9 Å². The molecular formula is C14H24N4O. The Balaban J connectivity index is 2.17. The number of hydrogen-bond acceptors (Lipinski definition) is 5. The maximum absolute atomic E-state index is 5.29. The maximum atomic E-state index is 5.29. The molecule has 0 spiro atoms. The zero-order valence-electron chi connectivity index (χ0n) is 12.1. The quantitative estimate of drug-likeness (QED) is 0.848. The molecule has 1 aliphatic rings. The first kappa shape index (κ1) is 14.1. The predicted molar refractivity (Wildman–Crippen MR) is 76.8 cm³/mol. The van der Waals surface area contributed by atoms with Crippen LogP contribution in [-0.2, 0) is 0 Å². The predicted octanol–water partition coefficient (Wildman–Crippen LogP) is 1.76. The first-order chi connectivity index (χ1) is 9.26. The Hall–Kier alpha value is -1.36. The van der Waals surface area contributed by atoms with E-state index >= 15 is 0 Å². The Kier molecular flexibility index (Phi) is 4.96. The molecule has 1 N–H and O–H groups in total. The molecule has 19 heavy (non-hydrogen) atoms. The first-order valence-corrected chi connectivity index (χ1v) is 7.10. The number of nitrogens with one attached hydrogen (secondary N) is 1. The maximum Gasteiger partial charge on any atom is 0.221 e. The standard InChI is InChI=1S/C14H24N4O/c1-4-8-18(9-12-6-5-7-15-12)13-11(2)14(19-3)17-10-16-13/h10,12,15H,4-9H2,1-3H3. The van der Waals surface area contributed by atoms with Crippen LogP contribution in [0.4, 0.5) is 5.82 Å². The molecule has 1 atom stereocenters. The summed E-state index contributed by atoms with van der Waals surface area (Å²) in [4.78, 5) is 11.0. The molecule has 1 aromatic rings. The largest absolute Gasteiger partial charge is 0.481 e. The van der Waals surface area contributed by atoms with Gasteiger partial charge in [-0.25, -0.2) is 9.97 Å². The van der Waals surface area contributed by atoms with Gasteiger partial charge in [-0.15, -0.1) is 0 Å². The molecule has 5 nitrogen and oxygen atoms in total. The lowest BCUT2D eigenvalue weighted by molar-refractivity contribution is 0.393. The molecule has 1 saturated heterocycles.